The Balaban J connectivity index is 2.03. The molecule has 1 fully saturated rings. The molecule has 4 nitrogen and oxygen atoms in total. The van der Waals surface area contributed by atoms with Gasteiger partial charge in [0.2, 0.25) is 0 Å². The lowest BCUT2D eigenvalue weighted by atomic mass is 9.84. The number of carbonyl (C=O) groups is 1. The fraction of sp³-hybridized carbons (Fsp3) is 0.778. The lowest BCUT2D eigenvalue weighted by Crippen LogP contribution is -2.33. The molecule has 1 saturated carbocycles. The van der Waals surface area contributed by atoms with E-state index in [0.29, 0.717) is 12.3 Å². The predicted octanol–water partition coefficient (Wildman–Crippen LogP) is 1.06. The van der Waals surface area contributed by atoms with Crippen LogP contribution < -0.4 is 0 Å². The van der Waals surface area contributed by atoms with E-state index in [1.807, 2.05) is 6.92 Å². The molecule has 0 aromatic heterocycles. The second-order valence-electron chi connectivity index (χ2n) is 3.72. The standard InChI is InChI=1S/C9H13NO3/c1-5-10-7-4-6(9(11)12)2-3-8(7)13-5/h6-8H,2-4H2,1H3,(H,11,12). The maximum atomic E-state index is 10.7. The van der Waals surface area contributed by atoms with Crippen LogP contribution >= 0.6 is 0 Å². The third-order valence-corrected chi connectivity index (χ3v) is 2.77. The van der Waals surface area contributed by atoms with E-state index in [4.69, 9.17) is 9.84 Å². The summed E-state index contributed by atoms with van der Waals surface area (Å²) in [5.74, 6) is -0.209. The topological polar surface area (TPSA) is 58.9 Å². The van der Waals surface area contributed by atoms with Gasteiger partial charge in [-0.3, -0.25) is 4.79 Å². The Morgan fingerprint density at radius 1 is 1.62 bits per heavy atom. The van der Waals surface area contributed by atoms with Crippen molar-refractivity contribution in [3.63, 3.8) is 0 Å². The van der Waals surface area contributed by atoms with Crippen molar-refractivity contribution in [3.05, 3.63) is 0 Å². The second kappa shape index (κ2) is 3.01. The molecule has 0 radical (unpaired) electrons. The fourth-order valence-electron chi connectivity index (χ4n) is 2.10. The summed E-state index contributed by atoms with van der Waals surface area (Å²) in [6.07, 6.45) is 2.33. The Hall–Kier alpha value is -1.06. The van der Waals surface area contributed by atoms with Crippen molar-refractivity contribution in [1.29, 1.82) is 0 Å². The number of nitrogens with zero attached hydrogens (tertiary/aromatic N) is 1. The van der Waals surface area contributed by atoms with Crippen molar-refractivity contribution in [3.8, 4) is 0 Å². The number of aliphatic carboxylic acids is 1. The monoisotopic (exact) mass is 183 g/mol. The molecule has 1 aliphatic carbocycles. The lowest BCUT2D eigenvalue weighted by molar-refractivity contribution is -0.143. The summed E-state index contributed by atoms with van der Waals surface area (Å²) >= 11 is 0. The van der Waals surface area contributed by atoms with Gasteiger partial charge in [-0.15, -0.1) is 0 Å². The number of fused-ring (bicyclic) bond motifs is 1. The molecule has 0 saturated heterocycles. The van der Waals surface area contributed by atoms with Crippen LogP contribution in [0.4, 0.5) is 0 Å². The molecule has 1 N–H and O–H groups in total. The van der Waals surface area contributed by atoms with Crippen LogP contribution in [0.1, 0.15) is 26.2 Å². The van der Waals surface area contributed by atoms with E-state index >= 15 is 0 Å². The van der Waals surface area contributed by atoms with E-state index in [9.17, 15) is 4.79 Å². The van der Waals surface area contributed by atoms with E-state index in [-0.39, 0.29) is 18.1 Å². The molecule has 3 atom stereocenters. The van der Waals surface area contributed by atoms with Gasteiger partial charge in [-0.2, -0.15) is 0 Å². The Morgan fingerprint density at radius 2 is 2.38 bits per heavy atom. The SMILES string of the molecule is CC1=NC2CC(C(=O)O)CCC2O1. The number of carboxylic acid groups (broad SMARTS) is 1. The lowest BCUT2D eigenvalue weighted by Gasteiger charge is -2.26. The summed E-state index contributed by atoms with van der Waals surface area (Å²) in [6, 6.07) is 0.0925. The molecule has 2 rings (SSSR count). The number of ether oxygens (including phenoxy) is 1. The first-order valence-corrected chi connectivity index (χ1v) is 4.60. The molecule has 2 aliphatic rings. The van der Waals surface area contributed by atoms with E-state index < -0.39 is 5.97 Å². The first-order valence-electron chi connectivity index (χ1n) is 4.60. The third kappa shape index (κ3) is 1.53. The van der Waals surface area contributed by atoms with Crippen molar-refractivity contribution < 1.29 is 14.6 Å². The zero-order valence-electron chi connectivity index (χ0n) is 7.56. The van der Waals surface area contributed by atoms with Crippen LogP contribution in [0, 0.1) is 5.92 Å². The molecule has 0 amide bonds. The maximum Gasteiger partial charge on any atom is 0.306 e. The smallest absolute Gasteiger partial charge is 0.306 e. The van der Waals surface area contributed by atoms with Crippen molar-refractivity contribution in [2.45, 2.75) is 38.3 Å². The first-order chi connectivity index (χ1) is 6.16. The molecular weight excluding hydrogens is 170 g/mol. The number of aliphatic imine (C=N–C) groups is 1. The fourth-order valence-corrected chi connectivity index (χ4v) is 2.10. The minimum Gasteiger partial charge on any atom is -0.481 e. The van der Waals surface area contributed by atoms with Crippen molar-refractivity contribution in [2.75, 3.05) is 0 Å². The number of hydrogen-bond donors (Lipinski definition) is 1. The number of carboxylic acids is 1. The average Bonchev–Trinajstić information content (AvgIpc) is 2.42. The molecule has 0 spiro atoms. The van der Waals surface area contributed by atoms with Gasteiger partial charge < -0.3 is 9.84 Å². The molecule has 1 aliphatic heterocycles. The van der Waals surface area contributed by atoms with Gasteiger partial charge in [-0.1, -0.05) is 0 Å². The normalized spacial score (nSPS) is 37.6. The van der Waals surface area contributed by atoms with Gasteiger partial charge in [-0.05, 0) is 19.3 Å². The highest BCUT2D eigenvalue weighted by molar-refractivity contribution is 5.76. The van der Waals surface area contributed by atoms with Gasteiger partial charge in [0.1, 0.15) is 6.10 Å². The Bertz CT molecular complexity index is 262. The highest BCUT2D eigenvalue weighted by Gasteiger charge is 2.38. The number of hydrogen-bond acceptors (Lipinski definition) is 3. The molecule has 4 heteroatoms. The molecule has 0 aromatic carbocycles. The summed E-state index contributed by atoms with van der Waals surface area (Å²) in [5.41, 5.74) is 0. The summed E-state index contributed by atoms with van der Waals surface area (Å²) in [7, 11) is 0. The highest BCUT2D eigenvalue weighted by atomic mass is 16.5. The summed E-state index contributed by atoms with van der Waals surface area (Å²) in [4.78, 5) is 15.0. The Labute approximate surface area is 76.6 Å². The molecule has 1 heterocycles. The Morgan fingerprint density at radius 3 is 3.08 bits per heavy atom. The van der Waals surface area contributed by atoms with Crippen LogP contribution in [0.25, 0.3) is 0 Å². The van der Waals surface area contributed by atoms with Crippen LogP contribution in [0.5, 0.6) is 0 Å². The van der Waals surface area contributed by atoms with Gasteiger partial charge >= 0.3 is 5.97 Å². The molecule has 0 aromatic rings. The summed E-state index contributed by atoms with van der Waals surface area (Å²) in [5, 5.41) is 8.83. The first kappa shape index (κ1) is 8.53. The van der Waals surface area contributed by atoms with Crippen molar-refractivity contribution in [1.82, 2.24) is 0 Å². The highest BCUT2D eigenvalue weighted by Crippen LogP contribution is 2.32. The quantitative estimate of drug-likeness (QED) is 0.661. The number of rotatable bonds is 1. The van der Waals surface area contributed by atoms with Crippen LogP contribution in [0.15, 0.2) is 4.99 Å². The van der Waals surface area contributed by atoms with Gasteiger partial charge in [-0.25, -0.2) is 4.99 Å². The maximum absolute atomic E-state index is 10.7. The molecule has 3 unspecified atom stereocenters. The molecule has 13 heavy (non-hydrogen) atoms. The van der Waals surface area contributed by atoms with E-state index in [1.165, 1.54) is 0 Å². The van der Waals surface area contributed by atoms with Crippen molar-refractivity contribution in [2.24, 2.45) is 10.9 Å². The van der Waals surface area contributed by atoms with Crippen LogP contribution in [0.2, 0.25) is 0 Å². The van der Waals surface area contributed by atoms with E-state index in [0.717, 1.165) is 12.8 Å². The van der Waals surface area contributed by atoms with Gasteiger partial charge in [0.15, 0.2) is 5.90 Å². The van der Waals surface area contributed by atoms with Crippen molar-refractivity contribution >= 4 is 11.9 Å². The summed E-state index contributed by atoms with van der Waals surface area (Å²) < 4.78 is 5.45. The van der Waals surface area contributed by atoms with E-state index in [1.54, 1.807) is 0 Å². The van der Waals surface area contributed by atoms with Gasteiger partial charge in [0.05, 0.1) is 12.0 Å². The second-order valence-corrected chi connectivity index (χ2v) is 3.72. The minimum atomic E-state index is -0.696. The van der Waals surface area contributed by atoms with Crippen LogP contribution in [0.3, 0.4) is 0 Å². The molecular formula is C9H13NO3. The van der Waals surface area contributed by atoms with Crippen LogP contribution in [-0.2, 0) is 9.53 Å². The third-order valence-electron chi connectivity index (χ3n) is 2.77. The van der Waals surface area contributed by atoms with Gasteiger partial charge in [0.25, 0.3) is 0 Å². The minimum absolute atomic E-state index is 0.0925. The zero-order valence-corrected chi connectivity index (χ0v) is 7.56. The van der Waals surface area contributed by atoms with Gasteiger partial charge in [0, 0.05) is 6.92 Å². The average molecular weight is 183 g/mol. The largest absolute Gasteiger partial charge is 0.481 e. The zero-order chi connectivity index (χ0) is 9.42. The summed E-state index contributed by atoms with van der Waals surface area (Å²) in [6.45, 7) is 1.83. The predicted molar refractivity (Wildman–Crippen MR) is 46.7 cm³/mol. The molecule has 0 bridgehead atoms. The van der Waals surface area contributed by atoms with Crippen LogP contribution in [-0.4, -0.2) is 29.1 Å². The van der Waals surface area contributed by atoms with E-state index in [2.05, 4.69) is 4.99 Å². The Kier molecular flexibility index (Phi) is 1.98. The molecule has 72 valence electrons.